The van der Waals surface area contributed by atoms with Gasteiger partial charge in [0.25, 0.3) is 5.91 Å². The molecule has 0 aliphatic heterocycles. The van der Waals surface area contributed by atoms with E-state index in [0.29, 0.717) is 30.3 Å². The first kappa shape index (κ1) is 26.8. The smallest absolute Gasteiger partial charge is 0.417 e. The van der Waals surface area contributed by atoms with Gasteiger partial charge < -0.3 is 25.6 Å². The summed E-state index contributed by atoms with van der Waals surface area (Å²) in [5.41, 5.74) is -0.533. The van der Waals surface area contributed by atoms with Gasteiger partial charge in [0.05, 0.1) is 10.6 Å². The Labute approximate surface area is 210 Å². The molecule has 3 amide bonds. The van der Waals surface area contributed by atoms with Crippen molar-refractivity contribution in [1.29, 1.82) is 0 Å². The Morgan fingerprint density at radius 3 is 2.31 bits per heavy atom. The van der Waals surface area contributed by atoms with Crippen LogP contribution in [0, 0.1) is 0 Å². The highest BCUT2D eigenvalue weighted by Gasteiger charge is 2.33. The van der Waals surface area contributed by atoms with Crippen molar-refractivity contribution in [2.45, 2.75) is 6.18 Å². The highest BCUT2D eigenvalue weighted by atomic mass is 35.5. The SMILES string of the molecule is CN(C)CCNC(=O)c1cc(Oc2ccc(NC(=O)Nc3ccc(Cl)c(C(F)(F)F)c3)cc2)ccn1. The number of nitrogens with zero attached hydrogens (tertiary/aromatic N) is 2. The summed E-state index contributed by atoms with van der Waals surface area (Å²) in [4.78, 5) is 30.4. The number of pyridine rings is 1. The van der Waals surface area contributed by atoms with E-state index in [1.165, 1.54) is 18.3 Å². The van der Waals surface area contributed by atoms with Crippen LogP contribution in [0.25, 0.3) is 0 Å². The number of hydrogen-bond donors (Lipinski definition) is 3. The molecule has 0 aliphatic rings. The Morgan fingerprint density at radius 1 is 0.972 bits per heavy atom. The molecule has 0 spiro atoms. The van der Waals surface area contributed by atoms with Crippen LogP contribution < -0.4 is 20.7 Å². The van der Waals surface area contributed by atoms with E-state index in [4.69, 9.17) is 16.3 Å². The molecule has 0 saturated heterocycles. The highest BCUT2D eigenvalue weighted by molar-refractivity contribution is 6.31. The molecule has 8 nitrogen and oxygen atoms in total. The van der Waals surface area contributed by atoms with E-state index in [1.54, 1.807) is 30.3 Å². The summed E-state index contributed by atoms with van der Waals surface area (Å²) >= 11 is 5.59. The predicted molar refractivity (Wildman–Crippen MR) is 131 cm³/mol. The molecule has 2 aromatic carbocycles. The standard InChI is InChI=1S/C24H23ClF3N5O3/c1-33(2)12-11-30-22(34)21-14-18(9-10-29-21)36-17-6-3-15(4-7-17)31-23(35)32-16-5-8-20(25)19(13-16)24(26,27)28/h3-10,13-14H,11-12H2,1-2H3,(H,30,34)(H2,31,32,35). The van der Waals surface area contributed by atoms with Gasteiger partial charge >= 0.3 is 12.2 Å². The number of aromatic nitrogens is 1. The average molecular weight is 522 g/mol. The van der Waals surface area contributed by atoms with Gasteiger partial charge in [0.1, 0.15) is 17.2 Å². The lowest BCUT2D eigenvalue weighted by Crippen LogP contribution is -2.31. The third-order valence-electron chi connectivity index (χ3n) is 4.69. The summed E-state index contributed by atoms with van der Waals surface area (Å²) in [5.74, 6) is 0.499. The molecule has 0 saturated carbocycles. The van der Waals surface area contributed by atoms with Crippen molar-refractivity contribution < 1.29 is 27.5 Å². The second-order valence-electron chi connectivity index (χ2n) is 7.83. The third kappa shape index (κ3) is 7.85. The lowest BCUT2D eigenvalue weighted by Gasteiger charge is -2.13. The maximum Gasteiger partial charge on any atom is 0.417 e. The van der Waals surface area contributed by atoms with E-state index in [2.05, 4.69) is 20.9 Å². The van der Waals surface area contributed by atoms with Gasteiger partial charge in [0.15, 0.2) is 0 Å². The second-order valence-corrected chi connectivity index (χ2v) is 8.24. The van der Waals surface area contributed by atoms with Crippen LogP contribution in [0.15, 0.2) is 60.8 Å². The molecule has 0 aliphatic carbocycles. The van der Waals surface area contributed by atoms with Crippen LogP contribution in [-0.2, 0) is 6.18 Å². The minimum absolute atomic E-state index is 0.0663. The van der Waals surface area contributed by atoms with Gasteiger partial charge in [-0.3, -0.25) is 9.78 Å². The normalized spacial score (nSPS) is 11.2. The van der Waals surface area contributed by atoms with Crippen LogP contribution in [0.3, 0.4) is 0 Å². The number of carbonyl (C=O) groups is 2. The van der Waals surface area contributed by atoms with Crippen LogP contribution in [0.4, 0.5) is 29.3 Å². The molecule has 3 rings (SSSR count). The van der Waals surface area contributed by atoms with Crippen LogP contribution in [-0.4, -0.2) is 49.0 Å². The number of halogens is 4. The summed E-state index contributed by atoms with van der Waals surface area (Å²) < 4.78 is 44.7. The topological polar surface area (TPSA) is 95.6 Å². The van der Waals surface area contributed by atoms with Crippen molar-refractivity contribution >= 4 is 34.9 Å². The van der Waals surface area contributed by atoms with Crippen molar-refractivity contribution in [1.82, 2.24) is 15.2 Å². The zero-order valence-electron chi connectivity index (χ0n) is 19.3. The average Bonchev–Trinajstić information content (AvgIpc) is 2.81. The molecule has 1 aromatic heterocycles. The number of carbonyl (C=O) groups excluding carboxylic acids is 2. The van der Waals surface area contributed by atoms with Gasteiger partial charge in [-0.25, -0.2) is 4.79 Å². The zero-order valence-corrected chi connectivity index (χ0v) is 20.1. The van der Waals surface area contributed by atoms with E-state index >= 15 is 0 Å². The molecule has 0 fully saturated rings. The molecular formula is C24H23ClF3N5O3. The number of rotatable bonds is 8. The monoisotopic (exact) mass is 521 g/mol. The van der Waals surface area contributed by atoms with Crippen molar-refractivity contribution in [3.63, 3.8) is 0 Å². The minimum Gasteiger partial charge on any atom is -0.457 e. The number of urea groups is 1. The van der Waals surface area contributed by atoms with Gasteiger partial charge in [-0.2, -0.15) is 13.2 Å². The number of anilines is 2. The number of ether oxygens (including phenoxy) is 1. The number of likely N-dealkylation sites (N-methyl/N-ethyl adjacent to an activating group) is 1. The number of amides is 3. The quantitative estimate of drug-likeness (QED) is 0.365. The lowest BCUT2D eigenvalue weighted by molar-refractivity contribution is -0.137. The van der Waals surface area contributed by atoms with Gasteiger partial charge in [-0.1, -0.05) is 11.6 Å². The van der Waals surface area contributed by atoms with E-state index in [1.807, 2.05) is 19.0 Å². The molecule has 190 valence electrons. The Kier molecular flexibility index (Phi) is 8.73. The van der Waals surface area contributed by atoms with E-state index in [9.17, 15) is 22.8 Å². The predicted octanol–water partition coefficient (Wildman–Crippen LogP) is 5.48. The van der Waals surface area contributed by atoms with Crippen LogP contribution >= 0.6 is 11.6 Å². The minimum atomic E-state index is -4.65. The number of hydrogen-bond acceptors (Lipinski definition) is 5. The molecule has 0 bridgehead atoms. The van der Waals surface area contributed by atoms with Crippen LogP contribution in [0.5, 0.6) is 11.5 Å². The van der Waals surface area contributed by atoms with Crippen molar-refractivity contribution in [3.05, 3.63) is 77.1 Å². The van der Waals surface area contributed by atoms with Crippen molar-refractivity contribution in [2.75, 3.05) is 37.8 Å². The summed E-state index contributed by atoms with van der Waals surface area (Å²) in [5, 5.41) is 7.16. The maximum atomic E-state index is 13.0. The fraction of sp³-hybridized carbons (Fsp3) is 0.208. The van der Waals surface area contributed by atoms with Gasteiger partial charge in [-0.05, 0) is 62.6 Å². The highest BCUT2D eigenvalue weighted by Crippen LogP contribution is 2.36. The van der Waals surface area contributed by atoms with Crippen molar-refractivity contribution in [2.24, 2.45) is 0 Å². The molecule has 0 unspecified atom stereocenters. The Balaban J connectivity index is 1.57. The Bertz CT molecular complexity index is 1220. The first-order valence-electron chi connectivity index (χ1n) is 10.6. The molecule has 3 aromatic rings. The second kappa shape index (κ2) is 11.7. The molecule has 0 atom stereocenters. The summed E-state index contributed by atoms with van der Waals surface area (Å²) in [6.45, 7) is 1.16. The van der Waals surface area contributed by atoms with E-state index in [0.717, 1.165) is 12.1 Å². The van der Waals surface area contributed by atoms with Gasteiger partial charge in [-0.15, -0.1) is 0 Å². The Morgan fingerprint density at radius 2 is 1.64 bits per heavy atom. The zero-order chi connectivity index (χ0) is 26.3. The molecule has 36 heavy (non-hydrogen) atoms. The Hall–Kier alpha value is -3.83. The molecule has 3 N–H and O–H groups in total. The molecule has 0 radical (unpaired) electrons. The maximum absolute atomic E-state index is 13.0. The largest absolute Gasteiger partial charge is 0.457 e. The van der Waals surface area contributed by atoms with Gasteiger partial charge in [0, 0.05) is 36.7 Å². The number of nitrogens with one attached hydrogen (secondary N) is 3. The van der Waals surface area contributed by atoms with E-state index in [-0.39, 0.29) is 17.3 Å². The van der Waals surface area contributed by atoms with Gasteiger partial charge in [0.2, 0.25) is 0 Å². The van der Waals surface area contributed by atoms with Crippen LogP contribution in [0.2, 0.25) is 5.02 Å². The summed E-state index contributed by atoms with van der Waals surface area (Å²) in [6, 6.07) is 11.7. The number of benzene rings is 2. The van der Waals surface area contributed by atoms with Crippen molar-refractivity contribution in [3.8, 4) is 11.5 Å². The fourth-order valence-electron chi connectivity index (χ4n) is 2.94. The first-order valence-corrected chi connectivity index (χ1v) is 11.0. The third-order valence-corrected chi connectivity index (χ3v) is 5.02. The van der Waals surface area contributed by atoms with E-state index < -0.39 is 22.8 Å². The summed E-state index contributed by atoms with van der Waals surface area (Å²) in [6.07, 6.45) is -3.19. The number of alkyl halides is 3. The molecule has 12 heteroatoms. The molecular weight excluding hydrogens is 499 g/mol. The van der Waals surface area contributed by atoms with Crippen LogP contribution in [0.1, 0.15) is 16.1 Å². The fourth-order valence-corrected chi connectivity index (χ4v) is 3.16. The lowest BCUT2D eigenvalue weighted by atomic mass is 10.2. The molecule has 1 heterocycles. The first-order chi connectivity index (χ1) is 17.0. The summed E-state index contributed by atoms with van der Waals surface area (Å²) in [7, 11) is 3.80.